The van der Waals surface area contributed by atoms with Crippen LogP contribution in [0.1, 0.15) is 0 Å². The number of hydrogen-bond donors (Lipinski definition) is 1. The SMILES string of the molecule is COc1ccc(-c2cc(Cl)c(F)cc2O)c(F)c1. The van der Waals surface area contributed by atoms with Crippen molar-refractivity contribution in [1.82, 2.24) is 0 Å². The van der Waals surface area contributed by atoms with Crippen molar-refractivity contribution in [2.24, 2.45) is 0 Å². The molecule has 2 nitrogen and oxygen atoms in total. The predicted molar refractivity (Wildman–Crippen MR) is 65.0 cm³/mol. The third kappa shape index (κ3) is 2.24. The van der Waals surface area contributed by atoms with Gasteiger partial charge in [-0.1, -0.05) is 11.6 Å². The summed E-state index contributed by atoms with van der Waals surface area (Å²) in [5.74, 6) is -1.37. The second-order valence-electron chi connectivity index (χ2n) is 3.63. The number of phenolic OH excluding ortho intramolecular Hbond substituents is 1. The van der Waals surface area contributed by atoms with Crippen molar-refractivity contribution in [3.63, 3.8) is 0 Å². The molecule has 0 saturated heterocycles. The number of benzene rings is 2. The first-order chi connectivity index (χ1) is 8.52. The smallest absolute Gasteiger partial charge is 0.145 e. The zero-order chi connectivity index (χ0) is 13.3. The van der Waals surface area contributed by atoms with E-state index in [1.54, 1.807) is 0 Å². The van der Waals surface area contributed by atoms with Gasteiger partial charge in [-0.15, -0.1) is 0 Å². The molecule has 0 unspecified atom stereocenters. The number of hydrogen-bond acceptors (Lipinski definition) is 2. The Morgan fingerprint density at radius 3 is 2.39 bits per heavy atom. The fraction of sp³-hybridized carbons (Fsp3) is 0.0769. The van der Waals surface area contributed by atoms with Gasteiger partial charge in [-0.2, -0.15) is 0 Å². The zero-order valence-electron chi connectivity index (χ0n) is 9.38. The van der Waals surface area contributed by atoms with E-state index in [2.05, 4.69) is 0 Å². The molecule has 94 valence electrons. The Hall–Kier alpha value is -1.81. The van der Waals surface area contributed by atoms with E-state index in [1.807, 2.05) is 0 Å². The van der Waals surface area contributed by atoms with Crippen molar-refractivity contribution < 1.29 is 18.6 Å². The highest BCUT2D eigenvalue weighted by Crippen LogP contribution is 2.35. The molecule has 0 amide bonds. The Bertz CT molecular complexity index is 600. The van der Waals surface area contributed by atoms with Crippen LogP contribution >= 0.6 is 11.6 Å². The van der Waals surface area contributed by atoms with Crippen molar-refractivity contribution in [2.75, 3.05) is 7.11 Å². The normalized spacial score (nSPS) is 10.4. The zero-order valence-corrected chi connectivity index (χ0v) is 10.1. The van der Waals surface area contributed by atoms with E-state index in [0.29, 0.717) is 5.75 Å². The summed E-state index contributed by atoms with van der Waals surface area (Å²) < 4.78 is 31.8. The minimum Gasteiger partial charge on any atom is -0.507 e. The number of halogens is 3. The molecule has 0 aromatic heterocycles. The van der Waals surface area contributed by atoms with Crippen LogP contribution in [0.2, 0.25) is 5.02 Å². The topological polar surface area (TPSA) is 29.5 Å². The molecule has 0 radical (unpaired) electrons. The lowest BCUT2D eigenvalue weighted by atomic mass is 10.0. The summed E-state index contributed by atoms with van der Waals surface area (Å²) in [6, 6.07) is 6.16. The van der Waals surface area contributed by atoms with Crippen LogP contribution in [0, 0.1) is 11.6 Å². The molecule has 2 aromatic rings. The highest BCUT2D eigenvalue weighted by molar-refractivity contribution is 6.31. The summed E-state index contributed by atoms with van der Waals surface area (Å²) in [6.45, 7) is 0. The van der Waals surface area contributed by atoms with Crippen molar-refractivity contribution in [3.8, 4) is 22.6 Å². The van der Waals surface area contributed by atoms with Crippen LogP contribution < -0.4 is 4.74 Å². The van der Waals surface area contributed by atoms with Crippen LogP contribution in [0.3, 0.4) is 0 Å². The molecule has 0 heterocycles. The monoisotopic (exact) mass is 270 g/mol. The molecule has 2 aromatic carbocycles. The molecule has 0 aliphatic rings. The van der Waals surface area contributed by atoms with Gasteiger partial charge < -0.3 is 9.84 Å². The van der Waals surface area contributed by atoms with Crippen LogP contribution in [0.4, 0.5) is 8.78 Å². The summed E-state index contributed by atoms with van der Waals surface area (Å²) in [4.78, 5) is 0. The summed E-state index contributed by atoms with van der Waals surface area (Å²) in [5.41, 5.74) is 0.247. The number of methoxy groups -OCH3 is 1. The molecule has 0 aliphatic carbocycles. The van der Waals surface area contributed by atoms with Gasteiger partial charge >= 0.3 is 0 Å². The Kier molecular flexibility index (Phi) is 3.39. The third-order valence-electron chi connectivity index (χ3n) is 2.51. The molecule has 0 fully saturated rings. The Labute approximate surface area is 107 Å². The van der Waals surface area contributed by atoms with E-state index in [4.69, 9.17) is 16.3 Å². The summed E-state index contributed by atoms with van der Waals surface area (Å²) in [5, 5.41) is 9.44. The Balaban J connectivity index is 2.58. The Morgan fingerprint density at radius 2 is 1.78 bits per heavy atom. The van der Waals surface area contributed by atoms with Crippen molar-refractivity contribution in [1.29, 1.82) is 0 Å². The number of phenols is 1. The van der Waals surface area contributed by atoms with Gasteiger partial charge in [0.2, 0.25) is 0 Å². The Morgan fingerprint density at radius 1 is 1.06 bits per heavy atom. The average molecular weight is 271 g/mol. The molecule has 0 aliphatic heterocycles. The lowest BCUT2D eigenvalue weighted by Crippen LogP contribution is -1.89. The fourth-order valence-corrected chi connectivity index (χ4v) is 1.76. The van der Waals surface area contributed by atoms with E-state index in [-0.39, 0.29) is 21.9 Å². The molecular weight excluding hydrogens is 262 g/mol. The molecule has 18 heavy (non-hydrogen) atoms. The molecule has 5 heteroatoms. The first-order valence-electron chi connectivity index (χ1n) is 5.05. The van der Waals surface area contributed by atoms with Crippen LogP contribution in [-0.4, -0.2) is 12.2 Å². The third-order valence-corrected chi connectivity index (χ3v) is 2.79. The maximum atomic E-state index is 13.8. The highest BCUT2D eigenvalue weighted by atomic mass is 35.5. The maximum absolute atomic E-state index is 13.8. The first-order valence-corrected chi connectivity index (χ1v) is 5.42. The second-order valence-corrected chi connectivity index (χ2v) is 4.04. The van der Waals surface area contributed by atoms with Crippen molar-refractivity contribution in [3.05, 3.63) is 47.0 Å². The van der Waals surface area contributed by atoms with E-state index < -0.39 is 11.6 Å². The minimum atomic E-state index is -0.758. The van der Waals surface area contributed by atoms with Gasteiger partial charge in [0, 0.05) is 23.3 Å². The van der Waals surface area contributed by atoms with Crippen LogP contribution in [0.5, 0.6) is 11.5 Å². The predicted octanol–water partition coefficient (Wildman–Crippen LogP) is 4.00. The number of ether oxygens (including phenoxy) is 1. The molecule has 2 rings (SSSR count). The lowest BCUT2D eigenvalue weighted by Gasteiger charge is -2.08. The van der Waals surface area contributed by atoms with Crippen LogP contribution in [0.15, 0.2) is 30.3 Å². The standard InChI is InChI=1S/C13H9ClF2O2/c1-18-7-2-3-8(11(15)4-7)9-5-10(14)12(16)6-13(9)17/h2-6,17H,1H3. The van der Waals surface area contributed by atoms with Gasteiger partial charge in [0.05, 0.1) is 12.1 Å². The first kappa shape index (κ1) is 12.6. The largest absolute Gasteiger partial charge is 0.507 e. The molecule has 1 N–H and O–H groups in total. The van der Waals surface area contributed by atoms with Crippen LogP contribution in [0.25, 0.3) is 11.1 Å². The van der Waals surface area contributed by atoms with Crippen molar-refractivity contribution >= 4 is 11.6 Å². The molecule has 0 bridgehead atoms. The van der Waals surface area contributed by atoms with Gasteiger partial charge in [-0.05, 0) is 18.2 Å². The fourth-order valence-electron chi connectivity index (χ4n) is 1.59. The number of aromatic hydroxyl groups is 1. The van der Waals surface area contributed by atoms with E-state index >= 15 is 0 Å². The summed E-state index contributed by atoms with van der Waals surface area (Å²) in [7, 11) is 1.42. The van der Waals surface area contributed by atoms with Crippen LogP contribution in [-0.2, 0) is 0 Å². The minimum absolute atomic E-state index is 0.121. The average Bonchev–Trinajstić information content (AvgIpc) is 2.34. The van der Waals surface area contributed by atoms with E-state index in [0.717, 1.165) is 6.07 Å². The van der Waals surface area contributed by atoms with E-state index in [9.17, 15) is 13.9 Å². The molecule has 0 saturated carbocycles. The molecular formula is C13H9ClF2O2. The van der Waals surface area contributed by atoms with Gasteiger partial charge in [-0.3, -0.25) is 0 Å². The van der Waals surface area contributed by atoms with Gasteiger partial charge in [0.15, 0.2) is 0 Å². The maximum Gasteiger partial charge on any atom is 0.145 e. The molecule has 0 spiro atoms. The number of rotatable bonds is 2. The quantitative estimate of drug-likeness (QED) is 0.894. The van der Waals surface area contributed by atoms with E-state index in [1.165, 1.54) is 31.4 Å². The summed E-state index contributed by atoms with van der Waals surface area (Å²) >= 11 is 5.61. The lowest BCUT2D eigenvalue weighted by molar-refractivity contribution is 0.411. The van der Waals surface area contributed by atoms with Gasteiger partial charge in [0.25, 0.3) is 0 Å². The van der Waals surface area contributed by atoms with Gasteiger partial charge in [-0.25, -0.2) is 8.78 Å². The highest BCUT2D eigenvalue weighted by Gasteiger charge is 2.13. The van der Waals surface area contributed by atoms with Gasteiger partial charge in [0.1, 0.15) is 23.1 Å². The van der Waals surface area contributed by atoms with Crippen molar-refractivity contribution in [2.45, 2.75) is 0 Å². The molecule has 0 atom stereocenters. The summed E-state index contributed by atoms with van der Waals surface area (Å²) in [6.07, 6.45) is 0. The second kappa shape index (κ2) is 4.82.